The maximum absolute atomic E-state index is 12.5. The predicted molar refractivity (Wildman–Crippen MR) is 118 cm³/mol. The summed E-state index contributed by atoms with van der Waals surface area (Å²) in [6, 6.07) is 14.1. The van der Waals surface area contributed by atoms with Gasteiger partial charge in [0, 0.05) is 30.9 Å². The first kappa shape index (κ1) is 21.4. The molecule has 1 heterocycles. The number of ether oxygens (including phenoxy) is 2. The second-order valence-electron chi connectivity index (χ2n) is 6.89. The zero-order valence-corrected chi connectivity index (χ0v) is 17.3. The van der Waals surface area contributed by atoms with E-state index in [9.17, 15) is 9.59 Å². The normalized spacial score (nSPS) is 10.7. The molecule has 7 nitrogen and oxygen atoms in total. The number of hydrogen-bond donors (Lipinski definition) is 2. The zero-order chi connectivity index (χ0) is 21.3. The van der Waals surface area contributed by atoms with Crippen molar-refractivity contribution in [3.63, 3.8) is 0 Å². The minimum atomic E-state index is -0.358. The monoisotopic (exact) mass is 409 g/mol. The van der Waals surface area contributed by atoms with Crippen LogP contribution in [0.4, 0.5) is 16.2 Å². The van der Waals surface area contributed by atoms with Crippen molar-refractivity contribution in [3.8, 4) is 0 Å². The van der Waals surface area contributed by atoms with Gasteiger partial charge in [-0.1, -0.05) is 31.5 Å². The number of hydrogen-bond acceptors (Lipinski definition) is 4. The van der Waals surface area contributed by atoms with Crippen molar-refractivity contribution in [2.24, 2.45) is 0 Å². The fourth-order valence-electron chi connectivity index (χ4n) is 3.09. The van der Waals surface area contributed by atoms with Crippen LogP contribution in [0.1, 0.15) is 30.1 Å². The molecule has 0 fully saturated rings. The summed E-state index contributed by atoms with van der Waals surface area (Å²) in [6.45, 7) is 3.72. The van der Waals surface area contributed by atoms with Crippen molar-refractivity contribution < 1.29 is 19.1 Å². The average molecular weight is 409 g/mol. The number of methoxy groups -OCH3 is 1. The Kier molecular flexibility index (Phi) is 7.45. The topological polar surface area (TPSA) is 81.6 Å². The highest BCUT2D eigenvalue weighted by Gasteiger charge is 2.12. The minimum Gasteiger partial charge on any atom is -0.462 e. The number of benzene rings is 2. The number of amides is 2. The third-order valence-electron chi connectivity index (χ3n) is 4.68. The van der Waals surface area contributed by atoms with Crippen LogP contribution in [0.15, 0.2) is 54.7 Å². The van der Waals surface area contributed by atoms with E-state index in [1.807, 2.05) is 42.0 Å². The Balaban J connectivity index is 1.64. The van der Waals surface area contributed by atoms with Crippen LogP contribution in [0.25, 0.3) is 10.9 Å². The largest absolute Gasteiger partial charge is 0.462 e. The molecule has 30 heavy (non-hydrogen) atoms. The van der Waals surface area contributed by atoms with Gasteiger partial charge in [0.15, 0.2) is 0 Å². The van der Waals surface area contributed by atoms with Crippen LogP contribution in [0.3, 0.4) is 0 Å². The van der Waals surface area contributed by atoms with Crippen molar-refractivity contribution in [1.29, 1.82) is 0 Å². The third-order valence-corrected chi connectivity index (χ3v) is 4.68. The van der Waals surface area contributed by atoms with E-state index in [1.165, 1.54) is 0 Å². The van der Waals surface area contributed by atoms with Gasteiger partial charge in [-0.15, -0.1) is 0 Å². The molecule has 0 saturated carbocycles. The van der Waals surface area contributed by atoms with Crippen LogP contribution >= 0.6 is 0 Å². The summed E-state index contributed by atoms with van der Waals surface area (Å²) < 4.78 is 12.4. The van der Waals surface area contributed by atoms with Crippen LogP contribution in [-0.4, -0.2) is 36.9 Å². The summed E-state index contributed by atoms with van der Waals surface area (Å²) in [5, 5.41) is 6.64. The molecule has 2 aromatic carbocycles. The Morgan fingerprint density at radius 3 is 2.50 bits per heavy atom. The number of fused-ring (bicyclic) bond motifs is 1. The lowest BCUT2D eigenvalue weighted by Crippen LogP contribution is -2.19. The number of para-hydroxylation sites is 1. The van der Waals surface area contributed by atoms with Crippen molar-refractivity contribution >= 4 is 34.3 Å². The SMILES string of the molecule is CCCCOC(=O)c1ccc(NC(=O)Nc2cn(CCOC)c3ccccc23)cc1. The van der Waals surface area contributed by atoms with Gasteiger partial charge in [0.1, 0.15) is 0 Å². The minimum absolute atomic E-state index is 0.358. The maximum Gasteiger partial charge on any atom is 0.338 e. The van der Waals surface area contributed by atoms with Crippen LogP contribution in [-0.2, 0) is 16.0 Å². The highest BCUT2D eigenvalue weighted by atomic mass is 16.5. The summed E-state index contributed by atoms with van der Waals surface area (Å²) in [6.07, 6.45) is 3.71. The van der Waals surface area contributed by atoms with Gasteiger partial charge in [-0.3, -0.25) is 0 Å². The second-order valence-corrected chi connectivity index (χ2v) is 6.89. The molecule has 0 atom stereocenters. The van der Waals surface area contributed by atoms with E-state index in [2.05, 4.69) is 10.6 Å². The lowest BCUT2D eigenvalue weighted by atomic mass is 10.2. The molecule has 0 radical (unpaired) electrons. The van der Waals surface area contributed by atoms with Gasteiger partial charge >= 0.3 is 12.0 Å². The smallest absolute Gasteiger partial charge is 0.338 e. The van der Waals surface area contributed by atoms with E-state index >= 15 is 0 Å². The number of nitrogens with zero attached hydrogens (tertiary/aromatic N) is 1. The number of esters is 1. The number of carbonyl (C=O) groups excluding carboxylic acids is 2. The Bertz CT molecular complexity index is 995. The van der Waals surface area contributed by atoms with Crippen LogP contribution in [0, 0.1) is 0 Å². The third kappa shape index (κ3) is 5.39. The van der Waals surface area contributed by atoms with E-state index < -0.39 is 0 Å². The number of unbranched alkanes of at least 4 members (excludes halogenated alkanes) is 1. The Labute approximate surface area is 176 Å². The average Bonchev–Trinajstić information content (AvgIpc) is 3.10. The molecular weight excluding hydrogens is 382 g/mol. The quantitative estimate of drug-likeness (QED) is 0.389. The van der Waals surface area contributed by atoms with Crippen molar-refractivity contribution in [3.05, 3.63) is 60.3 Å². The maximum atomic E-state index is 12.5. The van der Waals surface area contributed by atoms with Gasteiger partial charge in [0.25, 0.3) is 0 Å². The number of carbonyl (C=O) groups is 2. The first-order valence-corrected chi connectivity index (χ1v) is 10.0. The highest BCUT2D eigenvalue weighted by Crippen LogP contribution is 2.26. The van der Waals surface area contributed by atoms with Gasteiger partial charge in [-0.05, 0) is 36.8 Å². The first-order valence-electron chi connectivity index (χ1n) is 10.0. The van der Waals surface area contributed by atoms with Crippen molar-refractivity contribution in [1.82, 2.24) is 4.57 Å². The molecule has 0 unspecified atom stereocenters. The highest BCUT2D eigenvalue weighted by molar-refractivity contribution is 6.06. The number of rotatable bonds is 9. The van der Waals surface area contributed by atoms with Gasteiger partial charge < -0.3 is 24.7 Å². The molecule has 3 aromatic rings. The van der Waals surface area contributed by atoms with Gasteiger partial charge in [-0.25, -0.2) is 9.59 Å². The molecule has 0 aliphatic rings. The lowest BCUT2D eigenvalue weighted by molar-refractivity contribution is 0.0500. The molecule has 0 aliphatic heterocycles. The summed E-state index contributed by atoms with van der Waals surface area (Å²) in [5.74, 6) is -0.358. The standard InChI is InChI=1S/C23H27N3O4/c1-3-4-14-30-22(27)17-9-11-18(12-10-17)24-23(28)25-20-16-26(13-15-29-2)21-8-6-5-7-19(20)21/h5-12,16H,3-4,13-15H2,1-2H3,(H2,24,25,28). The number of anilines is 2. The molecule has 158 valence electrons. The van der Waals surface area contributed by atoms with E-state index in [0.29, 0.717) is 31.0 Å². The lowest BCUT2D eigenvalue weighted by Gasteiger charge is -2.08. The van der Waals surface area contributed by atoms with E-state index in [-0.39, 0.29) is 12.0 Å². The summed E-state index contributed by atoms with van der Waals surface area (Å²) in [4.78, 5) is 24.5. The Morgan fingerprint density at radius 1 is 1.00 bits per heavy atom. The Morgan fingerprint density at radius 2 is 1.77 bits per heavy atom. The molecule has 0 spiro atoms. The molecule has 3 rings (SSSR count). The molecular formula is C23H27N3O4. The molecule has 2 amide bonds. The van der Waals surface area contributed by atoms with Gasteiger partial charge in [-0.2, -0.15) is 0 Å². The number of aromatic nitrogens is 1. The molecule has 1 aromatic heterocycles. The van der Waals surface area contributed by atoms with Crippen molar-refractivity contribution in [2.45, 2.75) is 26.3 Å². The first-order chi connectivity index (χ1) is 14.6. The molecule has 0 bridgehead atoms. The predicted octanol–water partition coefficient (Wildman–Crippen LogP) is 4.89. The zero-order valence-electron chi connectivity index (χ0n) is 17.3. The fourth-order valence-corrected chi connectivity index (χ4v) is 3.09. The van der Waals surface area contributed by atoms with E-state index in [4.69, 9.17) is 9.47 Å². The van der Waals surface area contributed by atoms with E-state index in [0.717, 1.165) is 29.4 Å². The summed E-state index contributed by atoms with van der Waals surface area (Å²) >= 11 is 0. The van der Waals surface area contributed by atoms with Crippen LogP contribution < -0.4 is 10.6 Å². The second kappa shape index (κ2) is 10.5. The molecule has 7 heteroatoms. The van der Waals surface area contributed by atoms with Gasteiger partial charge in [0.05, 0.1) is 30.0 Å². The number of nitrogens with one attached hydrogen (secondary N) is 2. The summed E-state index contributed by atoms with van der Waals surface area (Å²) in [7, 11) is 1.66. The molecule has 0 saturated heterocycles. The van der Waals surface area contributed by atoms with Crippen LogP contribution in [0.5, 0.6) is 0 Å². The van der Waals surface area contributed by atoms with Crippen LogP contribution in [0.2, 0.25) is 0 Å². The Hall–Kier alpha value is -3.32. The molecule has 2 N–H and O–H groups in total. The van der Waals surface area contributed by atoms with E-state index in [1.54, 1.807) is 31.4 Å². The summed E-state index contributed by atoms with van der Waals surface area (Å²) in [5.41, 5.74) is 2.78. The number of urea groups is 1. The molecule has 0 aliphatic carbocycles. The van der Waals surface area contributed by atoms with Crippen molar-refractivity contribution in [2.75, 3.05) is 31.0 Å². The van der Waals surface area contributed by atoms with Gasteiger partial charge in [0.2, 0.25) is 0 Å². The fraction of sp³-hybridized carbons (Fsp3) is 0.304.